The van der Waals surface area contributed by atoms with E-state index in [0.717, 1.165) is 47.8 Å². The first kappa shape index (κ1) is 17.9. The van der Waals surface area contributed by atoms with Gasteiger partial charge in [-0.3, -0.25) is 4.40 Å². The van der Waals surface area contributed by atoms with Crippen molar-refractivity contribution < 1.29 is 9.47 Å². The van der Waals surface area contributed by atoms with Crippen molar-refractivity contribution in [3.8, 4) is 17.0 Å². The molecule has 0 radical (unpaired) electrons. The van der Waals surface area contributed by atoms with Crippen LogP contribution >= 0.6 is 0 Å². The smallest absolute Gasteiger partial charge is 0.233 e. The minimum Gasteiger partial charge on any atom is -0.480 e. The molecule has 9 nitrogen and oxygen atoms in total. The Labute approximate surface area is 167 Å². The average molecular weight is 393 g/mol. The molecule has 0 unspecified atom stereocenters. The number of rotatable bonds is 5. The second-order valence-electron chi connectivity index (χ2n) is 7.31. The van der Waals surface area contributed by atoms with Crippen molar-refractivity contribution in [1.29, 1.82) is 0 Å². The number of nitrogens with zero attached hydrogens (tertiary/aromatic N) is 5. The number of ether oxygens (including phenoxy) is 2. The van der Waals surface area contributed by atoms with Gasteiger partial charge >= 0.3 is 0 Å². The first-order valence-electron chi connectivity index (χ1n) is 9.76. The highest BCUT2D eigenvalue weighted by Gasteiger charge is 2.23. The van der Waals surface area contributed by atoms with Crippen LogP contribution < -0.4 is 10.1 Å². The summed E-state index contributed by atoms with van der Waals surface area (Å²) >= 11 is 0. The Morgan fingerprint density at radius 1 is 1.14 bits per heavy atom. The third kappa shape index (κ3) is 3.27. The lowest BCUT2D eigenvalue weighted by Gasteiger charge is -2.28. The van der Waals surface area contributed by atoms with Crippen LogP contribution in [-0.2, 0) is 4.74 Å². The van der Waals surface area contributed by atoms with Crippen molar-refractivity contribution in [2.75, 3.05) is 19.5 Å². The zero-order valence-electron chi connectivity index (χ0n) is 16.4. The van der Waals surface area contributed by atoms with Gasteiger partial charge in [-0.25, -0.2) is 9.97 Å². The highest BCUT2D eigenvalue weighted by Crippen LogP contribution is 2.34. The Bertz CT molecular complexity index is 1140. The molecule has 29 heavy (non-hydrogen) atoms. The Balaban J connectivity index is 1.47. The lowest BCUT2D eigenvalue weighted by molar-refractivity contribution is 0.0681. The van der Waals surface area contributed by atoms with Crippen LogP contribution in [0.1, 0.15) is 25.7 Å². The van der Waals surface area contributed by atoms with E-state index in [2.05, 4.69) is 30.2 Å². The molecule has 5 rings (SSSR count). The van der Waals surface area contributed by atoms with Crippen molar-refractivity contribution in [3.05, 3.63) is 31.0 Å². The van der Waals surface area contributed by atoms with Crippen LogP contribution in [0, 0.1) is 0 Å². The number of H-pyrrole nitrogens is 1. The molecule has 1 aliphatic rings. The van der Waals surface area contributed by atoms with E-state index in [-0.39, 0.29) is 0 Å². The van der Waals surface area contributed by atoms with Crippen LogP contribution in [0.3, 0.4) is 0 Å². The molecular formula is C20H23N7O2. The van der Waals surface area contributed by atoms with Crippen molar-refractivity contribution in [2.45, 2.75) is 37.8 Å². The zero-order valence-corrected chi connectivity index (χ0v) is 16.4. The predicted octanol–water partition coefficient (Wildman–Crippen LogP) is 3.05. The minimum atomic E-state index is 0.339. The van der Waals surface area contributed by atoms with E-state index in [9.17, 15) is 0 Å². The number of aromatic amines is 1. The average Bonchev–Trinajstić information content (AvgIpc) is 3.40. The lowest BCUT2D eigenvalue weighted by atomic mass is 9.93. The fraction of sp³-hybridized carbons (Fsp3) is 0.400. The van der Waals surface area contributed by atoms with Crippen LogP contribution in [0.2, 0.25) is 0 Å². The van der Waals surface area contributed by atoms with E-state index >= 15 is 0 Å². The van der Waals surface area contributed by atoms with Gasteiger partial charge in [-0.1, -0.05) is 0 Å². The summed E-state index contributed by atoms with van der Waals surface area (Å²) in [6.45, 7) is 0. The quantitative estimate of drug-likeness (QED) is 0.537. The lowest BCUT2D eigenvalue weighted by Crippen LogP contribution is -2.29. The number of methoxy groups -OCH3 is 2. The maximum atomic E-state index is 5.61. The van der Waals surface area contributed by atoms with E-state index in [1.54, 1.807) is 26.6 Å². The highest BCUT2D eigenvalue weighted by molar-refractivity contribution is 5.97. The second-order valence-corrected chi connectivity index (χ2v) is 7.31. The topological polar surface area (TPSA) is 102 Å². The Hall–Kier alpha value is -3.20. The van der Waals surface area contributed by atoms with Gasteiger partial charge in [0, 0.05) is 55.3 Å². The standard InChI is InChI=1S/C20H23N7O2/c1-28-14-5-3-13(4-6-14)24-19-25-17-16(18(26-19)29-2)15(10-22-17)12-9-23-20-21-7-8-27(20)11-12/h7-11,13-14H,3-6H2,1-2H3,(H2,22,24,25,26). The van der Waals surface area contributed by atoms with Gasteiger partial charge in [0.1, 0.15) is 5.65 Å². The number of hydrogen-bond donors (Lipinski definition) is 2. The molecule has 0 saturated heterocycles. The third-order valence-corrected chi connectivity index (χ3v) is 5.59. The number of aromatic nitrogens is 6. The Morgan fingerprint density at radius 2 is 2.00 bits per heavy atom. The SMILES string of the molecule is COc1nc(NC2CCC(OC)CC2)nc2[nH]cc(-c3cnc4nccn4c3)c12. The summed E-state index contributed by atoms with van der Waals surface area (Å²) in [6.07, 6.45) is 13.8. The van der Waals surface area contributed by atoms with E-state index in [0.29, 0.717) is 29.8 Å². The first-order chi connectivity index (χ1) is 14.2. The van der Waals surface area contributed by atoms with Gasteiger partial charge in [0.15, 0.2) is 0 Å². The van der Waals surface area contributed by atoms with Crippen LogP contribution in [0.25, 0.3) is 27.9 Å². The molecule has 0 atom stereocenters. The largest absolute Gasteiger partial charge is 0.480 e. The van der Waals surface area contributed by atoms with Gasteiger partial charge < -0.3 is 19.8 Å². The summed E-state index contributed by atoms with van der Waals surface area (Å²) in [5.74, 6) is 1.77. The van der Waals surface area contributed by atoms with Crippen LogP contribution in [0.5, 0.6) is 5.88 Å². The number of anilines is 1. The number of fused-ring (bicyclic) bond motifs is 2. The monoisotopic (exact) mass is 393 g/mol. The normalized spacial score (nSPS) is 19.7. The summed E-state index contributed by atoms with van der Waals surface area (Å²) < 4.78 is 13.0. The summed E-state index contributed by atoms with van der Waals surface area (Å²) in [4.78, 5) is 21.2. The van der Waals surface area contributed by atoms with Gasteiger partial charge in [0.2, 0.25) is 17.6 Å². The Morgan fingerprint density at radius 3 is 2.79 bits per heavy atom. The van der Waals surface area contributed by atoms with Gasteiger partial charge in [-0.05, 0) is 25.7 Å². The van der Waals surface area contributed by atoms with Gasteiger partial charge in [-0.15, -0.1) is 0 Å². The molecule has 0 spiro atoms. The van der Waals surface area contributed by atoms with E-state index in [1.165, 1.54) is 0 Å². The molecule has 0 amide bonds. The fourth-order valence-electron chi connectivity index (χ4n) is 4.02. The summed E-state index contributed by atoms with van der Waals surface area (Å²) in [5.41, 5.74) is 2.60. The van der Waals surface area contributed by atoms with Crippen LogP contribution in [0.15, 0.2) is 31.0 Å². The van der Waals surface area contributed by atoms with Crippen molar-refractivity contribution in [2.24, 2.45) is 0 Å². The summed E-state index contributed by atoms with van der Waals surface area (Å²) in [5, 5.41) is 4.30. The summed E-state index contributed by atoms with van der Waals surface area (Å²) in [7, 11) is 3.41. The molecular weight excluding hydrogens is 370 g/mol. The third-order valence-electron chi connectivity index (χ3n) is 5.59. The molecule has 4 heterocycles. The van der Waals surface area contributed by atoms with E-state index in [1.807, 2.05) is 23.0 Å². The van der Waals surface area contributed by atoms with E-state index < -0.39 is 0 Å². The van der Waals surface area contributed by atoms with Gasteiger partial charge in [0.05, 0.1) is 18.6 Å². The molecule has 150 valence electrons. The predicted molar refractivity (Wildman–Crippen MR) is 109 cm³/mol. The minimum absolute atomic E-state index is 0.339. The molecule has 1 saturated carbocycles. The number of imidazole rings is 1. The molecule has 0 aromatic carbocycles. The van der Waals surface area contributed by atoms with Crippen molar-refractivity contribution in [3.63, 3.8) is 0 Å². The van der Waals surface area contributed by atoms with Crippen LogP contribution in [-0.4, -0.2) is 55.7 Å². The number of nitrogens with one attached hydrogen (secondary N) is 2. The van der Waals surface area contributed by atoms with E-state index in [4.69, 9.17) is 9.47 Å². The zero-order chi connectivity index (χ0) is 19.8. The number of hydrogen-bond acceptors (Lipinski definition) is 7. The molecule has 0 bridgehead atoms. The Kier molecular flexibility index (Phi) is 4.51. The molecule has 9 heteroatoms. The molecule has 4 aromatic rings. The highest BCUT2D eigenvalue weighted by atomic mass is 16.5. The first-order valence-corrected chi connectivity index (χ1v) is 9.76. The van der Waals surface area contributed by atoms with Crippen molar-refractivity contribution in [1.82, 2.24) is 29.3 Å². The molecule has 4 aromatic heterocycles. The maximum Gasteiger partial charge on any atom is 0.233 e. The molecule has 2 N–H and O–H groups in total. The fourth-order valence-corrected chi connectivity index (χ4v) is 4.02. The second kappa shape index (κ2) is 7.32. The van der Waals surface area contributed by atoms with Crippen LogP contribution in [0.4, 0.5) is 5.95 Å². The molecule has 0 aliphatic heterocycles. The molecule has 1 fully saturated rings. The van der Waals surface area contributed by atoms with Gasteiger partial charge in [0.25, 0.3) is 0 Å². The molecule has 1 aliphatic carbocycles. The maximum absolute atomic E-state index is 5.61. The summed E-state index contributed by atoms with van der Waals surface area (Å²) in [6, 6.07) is 0.339. The van der Waals surface area contributed by atoms with Crippen molar-refractivity contribution >= 4 is 22.8 Å². The van der Waals surface area contributed by atoms with Gasteiger partial charge in [-0.2, -0.15) is 9.97 Å².